The summed E-state index contributed by atoms with van der Waals surface area (Å²) in [6.45, 7) is 9.22. The number of hydrogen-bond donors (Lipinski definition) is 1. The first kappa shape index (κ1) is 12.8. The largest absolute Gasteiger partial charge is 0.378 e. The van der Waals surface area contributed by atoms with Gasteiger partial charge in [0.25, 0.3) is 0 Å². The molecule has 1 aromatic rings. The fraction of sp³-hybridized carbons (Fsp3) is 0.600. The predicted molar refractivity (Wildman–Crippen MR) is 79.2 cm³/mol. The van der Waals surface area contributed by atoms with Crippen molar-refractivity contribution in [2.24, 2.45) is 0 Å². The van der Waals surface area contributed by atoms with Crippen LogP contribution in [0, 0.1) is 0 Å². The monoisotopic (exact) mass is 261 g/mol. The molecule has 2 fully saturated rings. The minimum absolute atomic E-state index is 0.572. The van der Waals surface area contributed by atoms with Crippen molar-refractivity contribution in [3.63, 3.8) is 0 Å². The standard InChI is InChI=1S/C15H23N3O/c1-13-12-16-6-7-18(13)15-4-2-14(3-5-15)17-8-10-19-11-9-17/h2-5,13,16H,6-12H2,1H3. The topological polar surface area (TPSA) is 27.7 Å². The molecule has 0 saturated carbocycles. The van der Waals surface area contributed by atoms with Crippen molar-refractivity contribution in [2.75, 3.05) is 55.7 Å². The van der Waals surface area contributed by atoms with Crippen molar-refractivity contribution in [3.05, 3.63) is 24.3 Å². The Morgan fingerprint density at radius 2 is 1.74 bits per heavy atom. The van der Waals surface area contributed by atoms with Gasteiger partial charge in [0.15, 0.2) is 0 Å². The van der Waals surface area contributed by atoms with E-state index in [2.05, 4.69) is 46.3 Å². The molecular weight excluding hydrogens is 238 g/mol. The molecule has 2 aliphatic heterocycles. The average molecular weight is 261 g/mol. The Balaban J connectivity index is 1.70. The van der Waals surface area contributed by atoms with Crippen molar-refractivity contribution in [1.82, 2.24) is 5.32 Å². The van der Waals surface area contributed by atoms with Crippen LogP contribution in [-0.4, -0.2) is 52.0 Å². The molecule has 0 bridgehead atoms. The number of piperazine rings is 1. The first-order valence-electron chi connectivity index (χ1n) is 7.25. The first-order valence-corrected chi connectivity index (χ1v) is 7.25. The van der Waals surface area contributed by atoms with Crippen LogP contribution in [0.3, 0.4) is 0 Å². The summed E-state index contributed by atoms with van der Waals surface area (Å²) >= 11 is 0. The molecule has 2 heterocycles. The summed E-state index contributed by atoms with van der Waals surface area (Å²) in [5.74, 6) is 0. The molecule has 19 heavy (non-hydrogen) atoms. The van der Waals surface area contributed by atoms with Gasteiger partial charge in [-0.05, 0) is 31.2 Å². The second kappa shape index (κ2) is 5.80. The second-order valence-corrected chi connectivity index (χ2v) is 5.36. The lowest BCUT2D eigenvalue weighted by Gasteiger charge is -2.36. The summed E-state index contributed by atoms with van der Waals surface area (Å²) in [6.07, 6.45) is 0. The van der Waals surface area contributed by atoms with E-state index in [1.807, 2.05) is 0 Å². The van der Waals surface area contributed by atoms with Gasteiger partial charge < -0.3 is 19.9 Å². The summed E-state index contributed by atoms with van der Waals surface area (Å²) in [6, 6.07) is 9.58. The average Bonchev–Trinajstić information content (AvgIpc) is 2.49. The number of ether oxygens (including phenoxy) is 1. The van der Waals surface area contributed by atoms with E-state index in [1.165, 1.54) is 11.4 Å². The van der Waals surface area contributed by atoms with E-state index in [-0.39, 0.29) is 0 Å². The van der Waals surface area contributed by atoms with E-state index in [4.69, 9.17) is 4.74 Å². The quantitative estimate of drug-likeness (QED) is 0.869. The summed E-state index contributed by atoms with van der Waals surface area (Å²) in [5.41, 5.74) is 2.65. The lowest BCUT2D eigenvalue weighted by molar-refractivity contribution is 0.122. The molecule has 0 spiro atoms. The van der Waals surface area contributed by atoms with Crippen LogP contribution in [0.4, 0.5) is 11.4 Å². The van der Waals surface area contributed by atoms with E-state index in [0.717, 1.165) is 45.9 Å². The zero-order valence-electron chi connectivity index (χ0n) is 11.6. The summed E-state index contributed by atoms with van der Waals surface area (Å²) < 4.78 is 5.40. The van der Waals surface area contributed by atoms with Crippen LogP contribution in [0.5, 0.6) is 0 Å². The van der Waals surface area contributed by atoms with E-state index >= 15 is 0 Å². The number of rotatable bonds is 2. The smallest absolute Gasteiger partial charge is 0.0642 e. The molecule has 2 aliphatic rings. The third-order valence-corrected chi connectivity index (χ3v) is 4.06. The van der Waals surface area contributed by atoms with Crippen LogP contribution in [-0.2, 0) is 4.74 Å². The molecule has 1 aromatic carbocycles. The van der Waals surface area contributed by atoms with Crippen molar-refractivity contribution in [1.29, 1.82) is 0 Å². The fourth-order valence-corrected chi connectivity index (χ4v) is 2.90. The molecule has 2 saturated heterocycles. The highest BCUT2D eigenvalue weighted by atomic mass is 16.5. The van der Waals surface area contributed by atoms with Gasteiger partial charge in [0.2, 0.25) is 0 Å². The van der Waals surface area contributed by atoms with Gasteiger partial charge in [-0.2, -0.15) is 0 Å². The van der Waals surface area contributed by atoms with Crippen molar-refractivity contribution in [2.45, 2.75) is 13.0 Å². The normalized spacial score (nSPS) is 24.6. The van der Waals surface area contributed by atoms with E-state index < -0.39 is 0 Å². The molecule has 1 N–H and O–H groups in total. The van der Waals surface area contributed by atoms with Gasteiger partial charge in [-0.1, -0.05) is 0 Å². The SMILES string of the molecule is CC1CNCCN1c1ccc(N2CCOCC2)cc1. The third kappa shape index (κ3) is 2.85. The van der Waals surface area contributed by atoms with Gasteiger partial charge in [0.05, 0.1) is 13.2 Å². The summed E-state index contributed by atoms with van der Waals surface area (Å²) in [7, 11) is 0. The lowest BCUT2D eigenvalue weighted by atomic mass is 10.1. The first-order chi connectivity index (χ1) is 9.34. The fourth-order valence-electron chi connectivity index (χ4n) is 2.90. The Bertz CT molecular complexity index is 400. The molecule has 0 radical (unpaired) electrons. The molecule has 4 nitrogen and oxygen atoms in total. The summed E-state index contributed by atoms with van der Waals surface area (Å²) in [4.78, 5) is 4.88. The minimum atomic E-state index is 0.572. The molecule has 0 aromatic heterocycles. The van der Waals surface area contributed by atoms with Crippen molar-refractivity contribution < 1.29 is 4.74 Å². The number of morpholine rings is 1. The summed E-state index contributed by atoms with van der Waals surface area (Å²) in [5, 5.41) is 3.43. The predicted octanol–water partition coefficient (Wildman–Crippen LogP) is 1.32. The number of hydrogen-bond acceptors (Lipinski definition) is 4. The Morgan fingerprint density at radius 3 is 2.42 bits per heavy atom. The van der Waals surface area contributed by atoms with E-state index in [0.29, 0.717) is 6.04 Å². The lowest BCUT2D eigenvalue weighted by Crippen LogP contribution is -2.49. The molecule has 104 valence electrons. The van der Waals surface area contributed by atoms with Gasteiger partial charge in [0, 0.05) is 50.1 Å². The Morgan fingerprint density at radius 1 is 1.05 bits per heavy atom. The Kier molecular flexibility index (Phi) is 3.89. The number of nitrogens with zero attached hydrogens (tertiary/aromatic N) is 2. The third-order valence-electron chi connectivity index (χ3n) is 4.06. The van der Waals surface area contributed by atoms with Gasteiger partial charge in [-0.25, -0.2) is 0 Å². The Labute approximate surface area is 115 Å². The zero-order valence-corrected chi connectivity index (χ0v) is 11.6. The van der Waals surface area contributed by atoms with Crippen LogP contribution in [0.15, 0.2) is 24.3 Å². The highest BCUT2D eigenvalue weighted by molar-refractivity contribution is 5.57. The number of nitrogens with one attached hydrogen (secondary N) is 1. The number of benzene rings is 1. The maximum absolute atomic E-state index is 5.40. The minimum Gasteiger partial charge on any atom is -0.378 e. The maximum atomic E-state index is 5.40. The highest BCUT2D eigenvalue weighted by Gasteiger charge is 2.18. The molecule has 0 amide bonds. The van der Waals surface area contributed by atoms with E-state index in [1.54, 1.807) is 0 Å². The molecule has 0 aliphatic carbocycles. The van der Waals surface area contributed by atoms with Gasteiger partial charge in [-0.3, -0.25) is 0 Å². The molecule has 4 heteroatoms. The van der Waals surface area contributed by atoms with Gasteiger partial charge in [0.1, 0.15) is 0 Å². The van der Waals surface area contributed by atoms with Gasteiger partial charge >= 0.3 is 0 Å². The second-order valence-electron chi connectivity index (χ2n) is 5.36. The molecule has 1 unspecified atom stereocenters. The maximum Gasteiger partial charge on any atom is 0.0642 e. The van der Waals surface area contributed by atoms with Crippen molar-refractivity contribution in [3.8, 4) is 0 Å². The zero-order chi connectivity index (χ0) is 13.1. The highest BCUT2D eigenvalue weighted by Crippen LogP contribution is 2.23. The van der Waals surface area contributed by atoms with Crippen LogP contribution < -0.4 is 15.1 Å². The van der Waals surface area contributed by atoms with Crippen LogP contribution >= 0.6 is 0 Å². The van der Waals surface area contributed by atoms with Crippen LogP contribution in [0.2, 0.25) is 0 Å². The number of anilines is 2. The van der Waals surface area contributed by atoms with Crippen LogP contribution in [0.25, 0.3) is 0 Å². The van der Waals surface area contributed by atoms with E-state index in [9.17, 15) is 0 Å². The van der Waals surface area contributed by atoms with Crippen LogP contribution in [0.1, 0.15) is 6.92 Å². The Hall–Kier alpha value is -1.26. The molecular formula is C15H23N3O. The molecule has 3 rings (SSSR count). The van der Waals surface area contributed by atoms with Crippen molar-refractivity contribution >= 4 is 11.4 Å². The molecule has 1 atom stereocenters. The van der Waals surface area contributed by atoms with Gasteiger partial charge in [-0.15, -0.1) is 0 Å².